The Morgan fingerprint density at radius 3 is 2.78 bits per heavy atom. The number of carboxylic acid groups (broad SMARTS) is 1. The van der Waals surface area contributed by atoms with E-state index in [4.69, 9.17) is 9.84 Å². The zero-order valence-corrected chi connectivity index (χ0v) is 12.4. The van der Waals surface area contributed by atoms with Crippen LogP contribution >= 0.6 is 0 Å². The molecule has 2 N–H and O–H groups in total. The van der Waals surface area contributed by atoms with Crippen LogP contribution in [-0.4, -0.2) is 28.4 Å². The fourth-order valence-electron chi connectivity index (χ4n) is 2.56. The average Bonchev–Trinajstić information content (AvgIpc) is 2.57. The minimum atomic E-state index is -0.983. The van der Waals surface area contributed by atoms with Gasteiger partial charge in [-0.2, -0.15) is 5.10 Å². The Morgan fingerprint density at radius 1 is 1.26 bits per heavy atom. The van der Waals surface area contributed by atoms with Crippen LogP contribution in [0.2, 0.25) is 0 Å². The molecule has 116 valence electrons. The van der Waals surface area contributed by atoms with Gasteiger partial charge >= 0.3 is 5.97 Å². The summed E-state index contributed by atoms with van der Waals surface area (Å²) in [6.07, 6.45) is 0.384. The number of nitrogens with zero attached hydrogens (tertiary/aromatic N) is 1. The normalized spacial score (nSPS) is 10.7. The second-order valence-corrected chi connectivity index (χ2v) is 5.06. The summed E-state index contributed by atoms with van der Waals surface area (Å²) >= 11 is 0. The summed E-state index contributed by atoms with van der Waals surface area (Å²) in [5.74, 6) is -0.422. The lowest BCUT2D eigenvalue weighted by Gasteiger charge is -2.09. The first kappa shape index (κ1) is 14.8. The summed E-state index contributed by atoms with van der Waals surface area (Å²) in [5.41, 5.74) is 1.33. The summed E-state index contributed by atoms with van der Waals surface area (Å²) < 4.78 is 5.34. The number of methoxy groups -OCH3 is 1. The smallest absolute Gasteiger partial charge is 0.335 e. The number of fused-ring (bicyclic) bond motifs is 1. The number of nitrogens with one attached hydrogen (secondary N) is 1. The predicted octanol–water partition coefficient (Wildman–Crippen LogP) is 2.22. The Bertz CT molecular complexity index is 947. The van der Waals surface area contributed by atoms with Gasteiger partial charge in [0, 0.05) is 6.42 Å². The number of hydrogen-bond donors (Lipinski definition) is 2. The molecule has 0 atom stereocenters. The molecule has 0 spiro atoms. The van der Waals surface area contributed by atoms with Crippen LogP contribution in [0.15, 0.2) is 47.3 Å². The summed E-state index contributed by atoms with van der Waals surface area (Å²) in [6, 6.07) is 11.8. The first-order chi connectivity index (χ1) is 11.1. The van der Waals surface area contributed by atoms with Crippen LogP contribution in [0.25, 0.3) is 10.8 Å². The average molecular weight is 310 g/mol. The largest absolute Gasteiger partial charge is 0.496 e. The number of carboxylic acids is 1. The van der Waals surface area contributed by atoms with Gasteiger partial charge in [-0.1, -0.05) is 18.2 Å². The van der Waals surface area contributed by atoms with Crippen LogP contribution in [0.3, 0.4) is 0 Å². The molecular weight excluding hydrogens is 296 g/mol. The van der Waals surface area contributed by atoms with Gasteiger partial charge in [-0.25, -0.2) is 9.89 Å². The topological polar surface area (TPSA) is 92.3 Å². The maximum atomic E-state index is 11.9. The van der Waals surface area contributed by atoms with E-state index in [9.17, 15) is 9.59 Å². The van der Waals surface area contributed by atoms with E-state index in [-0.39, 0.29) is 11.1 Å². The highest BCUT2D eigenvalue weighted by Gasteiger charge is 2.13. The molecule has 0 aliphatic rings. The molecule has 0 amide bonds. The standard InChI is InChI=1S/C17H14N2O4/c1-23-14-7-3-6-12-15(14)13(18-19-16(12)20)9-10-4-2-5-11(8-10)17(21)22/h2-8H,9H2,1H3,(H,19,20)(H,21,22). The monoisotopic (exact) mass is 310 g/mol. The van der Waals surface area contributed by atoms with E-state index < -0.39 is 5.97 Å². The van der Waals surface area contributed by atoms with Gasteiger partial charge in [-0.15, -0.1) is 0 Å². The van der Waals surface area contributed by atoms with E-state index in [2.05, 4.69) is 10.2 Å². The third-order valence-electron chi connectivity index (χ3n) is 3.62. The molecule has 23 heavy (non-hydrogen) atoms. The van der Waals surface area contributed by atoms with Gasteiger partial charge in [0.25, 0.3) is 5.56 Å². The Morgan fingerprint density at radius 2 is 2.04 bits per heavy atom. The van der Waals surface area contributed by atoms with Crippen molar-refractivity contribution < 1.29 is 14.6 Å². The molecular formula is C17H14N2O4. The second kappa shape index (κ2) is 5.92. The van der Waals surface area contributed by atoms with E-state index in [0.29, 0.717) is 28.6 Å². The molecule has 1 aromatic heterocycles. The van der Waals surface area contributed by atoms with Crippen LogP contribution in [0.4, 0.5) is 0 Å². The molecule has 3 aromatic rings. The van der Waals surface area contributed by atoms with Crippen molar-refractivity contribution in [3.8, 4) is 5.75 Å². The molecule has 0 aliphatic carbocycles. The van der Waals surface area contributed by atoms with Crippen LogP contribution in [0.1, 0.15) is 21.6 Å². The van der Waals surface area contributed by atoms with Crippen molar-refractivity contribution in [2.24, 2.45) is 0 Å². The fourth-order valence-corrected chi connectivity index (χ4v) is 2.56. The molecule has 0 saturated heterocycles. The number of H-pyrrole nitrogens is 1. The van der Waals surface area contributed by atoms with Gasteiger partial charge in [0.2, 0.25) is 0 Å². The zero-order chi connectivity index (χ0) is 16.4. The number of carbonyl (C=O) groups is 1. The maximum Gasteiger partial charge on any atom is 0.335 e. The number of aromatic carboxylic acids is 1. The Labute approximate surface area is 131 Å². The van der Waals surface area contributed by atoms with Crippen LogP contribution in [0.5, 0.6) is 5.75 Å². The van der Waals surface area contributed by atoms with E-state index in [1.54, 1.807) is 30.3 Å². The summed E-state index contributed by atoms with van der Waals surface area (Å²) in [6.45, 7) is 0. The fraction of sp³-hybridized carbons (Fsp3) is 0.118. The quantitative estimate of drug-likeness (QED) is 0.771. The van der Waals surface area contributed by atoms with Gasteiger partial charge in [-0.05, 0) is 29.8 Å². The number of ether oxygens (including phenoxy) is 1. The van der Waals surface area contributed by atoms with Crippen molar-refractivity contribution in [2.45, 2.75) is 6.42 Å². The van der Waals surface area contributed by atoms with Crippen molar-refractivity contribution in [1.29, 1.82) is 0 Å². The molecule has 0 radical (unpaired) electrons. The minimum absolute atomic E-state index is 0.211. The van der Waals surface area contributed by atoms with Gasteiger partial charge in [0.05, 0.1) is 29.1 Å². The number of hydrogen-bond acceptors (Lipinski definition) is 4. The highest BCUT2D eigenvalue weighted by molar-refractivity contribution is 5.90. The van der Waals surface area contributed by atoms with E-state index >= 15 is 0 Å². The first-order valence-electron chi connectivity index (χ1n) is 6.96. The number of aromatic amines is 1. The van der Waals surface area contributed by atoms with Gasteiger partial charge in [0.15, 0.2) is 0 Å². The zero-order valence-electron chi connectivity index (χ0n) is 12.4. The van der Waals surface area contributed by atoms with Gasteiger partial charge in [0.1, 0.15) is 5.75 Å². The third-order valence-corrected chi connectivity index (χ3v) is 3.62. The second-order valence-electron chi connectivity index (χ2n) is 5.06. The molecule has 0 saturated carbocycles. The number of aromatic nitrogens is 2. The van der Waals surface area contributed by atoms with Crippen molar-refractivity contribution in [3.63, 3.8) is 0 Å². The highest BCUT2D eigenvalue weighted by Crippen LogP contribution is 2.26. The predicted molar refractivity (Wildman–Crippen MR) is 85.1 cm³/mol. The molecule has 6 nitrogen and oxygen atoms in total. The lowest BCUT2D eigenvalue weighted by atomic mass is 10.0. The molecule has 2 aromatic carbocycles. The van der Waals surface area contributed by atoms with E-state index in [1.165, 1.54) is 13.2 Å². The van der Waals surface area contributed by atoms with E-state index in [1.807, 2.05) is 6.07 Å². The molecule has 1 heterocycles. The van der Waals surface area contributed by atoms with Gasteiger partial charge in [-0.3, -0.25) is 4.79 Å². The lowest BCUT2D eigenvalue weighted by Crippen LogP contribution is -2.12. The SMILES string of the molecule is COc1cccc2c(=O)[nH]nc(Cc3cccc(C(=O)O)c3)c12. The molecule has 6 heteroatoms. The van der Waals surface area contributed by atoms with Crippen LogP contribution < -0.4 is 10.3 Å². The number of benzene rings is 2. The molecule has 0 bridgehead atoms. The van der Waals surface area contributed by atoms with Gasteiger partial charge < -0.3 is 9.84 Å². The van der Waals surface area contributed by atoms with Crippen LogP contribution in [-0.2, 0) is 6.42 Å². The molecule has 0 fully saturated rings. The third kappa shape index (κ3) is 2.78. The lowest BCUT2D eigenvalue weighted by molar-refractivity contribution is 0.0696. The molecule has 0 unspecified atom stereocenters. The van der Waals surface area contributed by atoms with Crippen molar-refractivity contribution in [1.82, 2.24) is 10.2 Å². The first-order valence-corrected chi connectivity index (χ1v) is 6.96. The summed E-state index contributed by atoms with van der Waals surface area (Å²) in [7, 11) is 1.53. The Hall–Kier alpha value is -3.15. The Balaban J connectivity index is 2.14. The summed E-state index contributed by atoms with van der Waals surface area (Å²) in [4.78, 5) is 23.0. The number of rotatable bonds is 4. The minimum Gasteiger partial charge on any atom is -0.496 e. The van der Waals surface area contributed by atoms with Crippen molar-refractivity contribution in [2.75, 3.05) is 7.11 Å². The summed E-state index contributed by atoms with van der Waals surface area (Å²) in [5, 5.41) is 16.8. The molecule has 3 rings (SSSR count). The Kier molecular flexibility index (Phi) is 3.80. The van der Waals surface area contributed by atoms with Crippen LogP contribution in [0, 0.1) is 0 Å². The molecule has 0 aliphatic heterocycles. The highest BCUT2D eigenvalue weighted by atomic mass is 16.5. The maximum absolute atomic E-state index is 11.9. The van der Waals surface area contributed by atoms with Crippen molar-refractivity contribution >= 4 is 16.7 Å². The van der Waals surface area contributed by atoms with E-state index in [0.717, 1.165) is 5.56 Å². The van der Waals surface area contributed by atoms with Crippen molar-refractivity contribution in [3.05, 3.63) is 69.6 Å².